The number of hydrogen-bond acceptors (Lipinski definition) is 6. The fraction of sp³-hybridized carbons (Fsp3) is 0.235. The second kappa shape index (κ2) is 6.56. The molecule has 1 aliphatic rings. The van der Waals surface area contributed by atoms with Crippen LogP contribution in [0.1, 0.15) is 17.4 Å². The van der Waals surface area contributed by atoms with E-state index in [1.165, 1.54) is 11.3 Å². The van der Waals surface area contributed by atoms with Crippen LogP contribution in [0.2, 0.25) is 0 Å². The van der Waals surface area contributed by atoms with E-state index in [0.29, 0.717) is 29.8 Å². The maximum Gasteiger partial charge on any atom is 0.277 e. The number of benzene rings is 1. The number of ether oxygens (including phenoxy) is 2. The fourth-order valence-electron chi connectivity index (χ4n) is 2.49. The first kappa shape index (κ1) is 15.6. The van der Waals surface area contributed by atoms with Crippen molar-refractivity contribution in [2.75, 3.05) is 18.5 Å². The van der Waals surface area contributed by atoms with Crippen LogP contribution in [0.15, 0.2) is 35.8 Å². The molecule has 1 N–H and O–H groups in total. The van der Waals surface area contributed by atoms with E-state index in [-0.39, 0.29) is 5.91 Å². The van der Waals surface area contributed by atoms with Crippen LogP contribution in [0.4, 0.5) is 5.13 Å². The zero-order valence-corrected chi connectivity index (χ0v) is 14.4. The number of rotatable bonds is 4. The standard InChI is InChI=1S/C17H16N4O3S/c1-2-21-6-5-12(20-21)16(22)19-17-18-13(10-25-17)11-3-4-14-15(9-11)24-8-7-23-14/h3-6,9-10H,2,7-8H2,1H3,(H,18,19,22). The van der Waals surface area contributed by atoms with Crippen molar-refractivity contribution in [3.8, 4) is 22.8 Å². The van der Waals surface area contributed by atoms with Gasteiger partial charge in [-0.15, -0.1) is 11.3 Å². The molecule has 0 fully saturated rings. The smallest absolute Gasteiger partial charge is 0.277 e. The Kier molecular flexibility index (Phi) is 4.10. The number of carbonyl (C=O) groups excluding carboxylic acids is 1. The number of hydrogen-bond donors (Lipinski definition) is 1. The zero-order chi connectivity index (χ0) is 17.2. The minimum atomic E-state index is -0.268. The summed E-state index contributed by atoms with van der Waals surface area (Å²) in [7, 11) is 0. The molecule has 0 radical (unpaired) electrons. The number of nitrogens with one attached hydrogen (secondary N) is 1. The molecule has 0 saturated heterocycles. The number of thiazole rings is 1. The Morgan fingerprint density at radius 2 is 2.12 bits per heavy atom. The van der Waals surface area contributed by atoms with Gasteiger partial charge in [-0.25, -0.2) is 4.98 Å². The van der Waals surface area contributed by atoms with Crippen LogP contribution in [-0.2, 0) is 6.54 Å². The third kappa shape index (κ3) is 3.20. The summed E-state index contributed by atoms with van der Waals surface area (Å²) >= 11 is 1.37. The highest BCUT2D eigenvalue weighted by molar-refractivity contribution is 7.14. The van der Waals surface area contributed by atoms with Crippen LogP contribution >= 0.6 is 11.3 Å². The molecule has 0 saturated carbocycles. The van der Waals surface area contributed by atoms with Crippen LogP contribution in [0, 0.1) is 0 Å². The van der Waals surface area contributed by atoms with Gasteiger partial charge < -0.3 is 9.47 Å². The second-order valence-corrected chi connectivity index (χ2v) is 6.27. The van der Waals surface area contributed by atoms with Gasteiger partial charge in [0.15, 0.2) is 22.3 Å². The molecule has 0 spiro atoms. The van der Waals surface area contributed by atoms with E-state index in [0.717, 1.165) is 23.6 Å². The number of anilines is 1. The molecule has 25 heavy (non-hydrogen) atoms. The highest BCUT2D eigenvalue weighted by Gasteiger charge is 2.15. The van der Waals surface area contributed by atoms with Crippen LogP contribution in [0.3, 0.4) is 0 Å². The number of amides is 1. The zero-order valence-electron chi connectivity index (χ0n) is 13.6. The lowest BCUT2D eigenvalue weighted by Gasteiger charge is -2.18. The lowest BCUT2D eigenvalue weighted by molar-refractivity contribution is 0.102. The van der Waals surface area contributed by atoms with E-state index in [1.54, 1.807) is 16.9 Å². The van der Waals surface area contributed by atoms with Crippen molar-refractivity contribution >= 4 is 22.4 Å². The van der Waals surface area contributed by atoms with Crippen molar-refractivity contribution in [2.45, 2.75) is 13.5 Å². The molecule has 0 unspecified atom stereocenters. The molecule has 0 aliphatic carbocycles. The predicted molar refractivity (Wildman–Crippen MR) is 94.4 cm³/mol. The van der Waals surface area contributed by atoms with Gasteiger partial charge in [-0.3, -0.25) is 14.8 Å². The molecular formula is C17H16N4O3S. The minimum Gasteiger partial charge on any atom is -0.486 e. The summed E-state index contributed by atoms with van der Waals surface area (Å²) in [5.41, 5.74) is 2.06. The summed E-state index contributed by atoms with van der Waals surface area (Å²) in [6, 6.07) is 7.39. The number of aryl methyl sites for hydroxylation is 1. The first-order chi connectivity index (χ1) is 12.2. The maximum atomic E-state index is 12.2. The summed E-state index contributed by atoms with van der Waals surface area (Å²) in [5.74, 6) is 1.19. The van der Waals surface area contributed by atoms with Crippen LogP contribution in [0.5, 0.6) is 11.5 Å². The van der Waals surface area contributed by atoms with Crippen LogP contribution in [-0.4, -0.2) is 33.9 Å². The molecule has 1 aromatic carbocycles. The molecule has 0 atom stereocenters. The third-order valence-corrected chi connectivity index (χ3v) is 4.52. The lowest BCUT2D eigenvalue weighted by atomic mass is 10.1. The SMILES string of the molecule is CCn1ccc(C(=O)Nc2nc(-c3ccc4c(c3)OCCO4)cs2)n1. The first-order valence-corrected chi connectivity index (χ1v) is 8.81. The van der Waals surface area contributed by atoms with Gasteiger partial charge in [0.1, 0.15) is 13.2 Å². The molecule has 4 rings (SSSR count). The summed E-state index contributed by atoms with van der Waals surface area (Å²) in [6.07, 6.45) is 1.78. The molecule has 0 bridgehead atoms. The summed E-state index contributed by atoms with van der Waals surface area (Å²) in [4.78, 5) is 16.7. The van der Waals surface area contributed by atoms with E-state index >= 15 is 0 Å². The highest BCUT2D eigenvalue weighted by atomic mass is 32.1. The quantitative estimate of drug-likeness (QED) is 0.777. The largest absolute Gasteiger partial charge is 0.486 e. The van der Waals surface area contributed by atoms with E-state index in [2.05, 4.69) is 15.4 Å². The van der Waals surface area contributed by atoms with Gasteiger partial charge in [0.25, 0.3) is 5.91 Å². The van der Waals surface area contributed by atoms with Gasteiger partial charge in [-0.05, 0) is 31.2 Å². The predicted octanol–water partition coefficient (Wildman–Crippen LogP) is 3.05. The van der Waals surface area contributed by atoms with Crippen molar-refractivity contribution < 1.29 is 14.3 Å². The van der Waals surface area contributed by atoms with Crippen molar-refractivity contribution in [3.05, 3.63) is 41.5 Å². The summed E-state index contributed by atoms with van der Waals surface area (Å²) in [5, 5.41) is 9.40. The average molecular weight is 356 g/mol. The Bertz CT molecular complexity index is 918. The number of fused-ring (bicyclic) bond motifs is 1. The molecule has 3 aromatic rings. The lowest BCUT2D eigenvalue weighted by Crippen LogP contribution is -2.15. The Balaban J connectivity index is 1.51. The molecular weight excluding hydrogens is 340 g/mol. The van der Waals surface area contributed by atoms with Crippen molar-refractivity contribution in [1.82, 2.24) is 14.8 Å². The Morgan fingerprint density at radius 1 is 1.28 bits per heavy atom. The van der Waals surface area contributed by atoms with Gasteiger partial charge in [0.05, 0.1) is 5.69 Å². The van der Waals surface area contributed by atoms with E-state index in [1.807, 2.05) is 30.5 Å². The van der Waals surface area contributed by atoms with Crippen molar-refractivity contribution in [2.24, 2.45) is 0 Å². The topological polar surface area (TPSA) is 78.3 Å². The van der Waals surface area contributed by atoms with Crippen molar-refractivity contribution in [3.63, 3.8) is 0 Å². The minimum absolute atomic E-state index is 0.268. The second-order valence-electron chi connectivity index (χ2n) is 5.41. The first-order valence-electron chi connectivity index (χ1n) is 7.93. The average Bonchev–Trinajstić information content (AvgIpc) is 3.30. The Hall–Kier alpha value is -2.87. The van der Waals surface area contributed by atoms with Gasteiger partial charge in [-0.1, -0.05) is 0 Å². The highest BCUT2D eigenvalue weighted by Crippen LogP contribution is 2.35. The van der Waals surface area contributed by atoms with Crippen LogP contribution < -0.4 is 14.8 Å². The summed E-state index contributed by atoms with van der Waals surface area (Å²) < 4.78 is 12.8. The van der Waals surface area contributed by atoms with E-state index in [4.69, 9.17) is 9.47 Å². The molecule has 2 aromatic heterocycles. The maximum absolute atomic E-state index is 12.2. The Labute approximate surface area is 148 Å². The van der Waals surface area contributed by atoms with Crippen molar-refractivity contribution in [1.29, 1.82) is 0 Å². The molecule has 3 heterocycles. The van der Waals surface area contributed by atoms with Gasteiger partial charge in [0.2, 0.25) is 0 Å². The van der Waals surface area contributed by atoms with E-state index in [9.17, 15) is 4.79 Å². The number of carbonyl (C=O) groups is 1. The molecule has 7 nitrogen and oxygen atoms in total. The Morgan fingerprint density at radius 3 is 2.92 bits per heavy atom. The van der Waals surface area contributed by atoms with E-state index < -0.39 is 0 Å². The molecule has 1 amide bonds. The van der Waals surface area contributed by atoms with Gasteiger partial charge in [-0.2, -0.15) is 5.10 Å². The molecule has 1 aliphatic heterocycles. The molecule has 8 heteroatoms. The number of aromatic nitrogens is 3. The molecule has 128 valence electrons. The normalized spacial score (nSPS) is 12.8. The van der Waals surface area contributed by atoms with Gasteiger partial charge >= 0.3 is 0 Å². The monoisotopic (exact) mass is 356 g/mol. The van der Waals surface area contributed by atoms with Crippen LogP contribution in [0.25, 0.3) is 11.3 Å². The third-order valence-electron chi connectivity index (χ3n) is 3.76. The van der Waals surface area contributed by atoms with Gasteiger partial charge in [0, 0.05) is 23.7 Å². The summed E-state index contributed by atoms with van der Waals surface area (Å²) in [6.45, 7) is 3.79. The number of nitrogens with zero attached hydrogens (tertiary/aromatic N) is 3. The fourth-order valence-corrected chi connectivity index (χ4v) is 3.20.